The van der Waals surface area contributed by atoms with E-state index in [1.165, 1.54) is 0 Å². The van der Waals surface area contributed by atoms with Crippen molar-refractivity contribution >= 4 is 15.9 Å². The number of rotatable bonds is 3. The van der Waals surface area contributed by atoms with Gasteiger partial charge in [0.05, 0.1) is 10.7 Å². The highest BCUT2D eigenvalue weighted by Gasteiger charge is 2.00. The molecule has 1 aromatic rings. The summed E-state index contributed by atoms with van der Waals surface area (Å²) >= 11 is 3.37. The van der Waals surface area contributed by atoms with Crippen LogP contribution in [0.25, 0.3) is 0 Å². The van der Waals surface area contributed by atoms with Crippen LogP contribution in [0.3, 0.4) is 0 Å². The molecule has 0 spiro atoms. The summed E-state index contributed by atoms with van der Waals surface area (Å²) in [4.78, 5) is 0. The van der Waals surface area contributed by atoms with E-state index in [2.05, 4.69) is 21.2 Å². The first-order valence-electron chi connectivity index (χ1n) is 3.21. The smallest absolute Gasteiger partial charge is 0.119 e. The minimum Gasteiger partial charge on any atom is -0.468 e. The molecule has 0 unspecified atom stereocenters. The molecule has 0 aliphatic rings. The predicted octanol–water partition coefficient (Wildman–Crippen LogP) is 1.80. The summed E-state index contributed by atoms with van der Waals surface area (Å²) in [6.45, 7) is 0.951. The predicted molar refractivity (Wildman–Crippen MR) is 44.0 cm³/mol. The van der Waals surface area contributed by atoms with E-state index in [4.69, 9.17) is 4.42 Å². The molecule has 0 aromatic carbocycles. The number of hydrogen-bond acceptors (Lipinski definition) is 2. The van der Waals surface area contributed by atoms with E-state index in [-0.39, 0.29) is 0 Å². The maximum absolute atomic E-state index is 5.18. The highest BCUT2D eigenvalue weighted by molar-refractivity contribution is 9.10. The first kappa shape index (κ1) is 7.82. The Morgan fingerprint density at radius 1 is 1.70 bits per heavy atom. The molecule has 0 aliphatic carbocycles. The molecule has 10 heavy (non-hydrogen) atoms. The van der Waals surface area contributed by atoms with Crippen LogP contribution in [0.1, 0.15) is 5.76 Å². The first-order chi connectivity index (χ1) is 4.84. The second kappa shape index (κ2) is 3.78. The van der Waals surface area contributed by atoms with Crippen LogP contribution < -0.4 is 5.32 Å². The van der Waals surface area contributed by atoms with Crippen LogP contribution >= 0.6 is 15.9 Å². The van der Waals surface area contributed by atoms with Gasteiger partial charge in [-0.3, -0.25) is 0 Å². The molecule has 0 amide bonds. The Bertz CT molecular complexity index is 197. The lowest BCUT2D eigenvalue weighted by atomic mass is 10.3. The van der Waals surface area contributed by atoms with Crippen LogP contribution in [0.15, 0.2) is 21.2 Å². The van der Waals surface area contributed by atoms with Crippen molar-refractivity contribution in [2.45, 2.75) is 6.42 Å². The third kappa shape index (κ3) is 1.85. The summed E-state index contributed by atoms with van der Waals surface area (Å²) in [6, 6.07) is 1.91. The minimum absolute atomic E-state index is 0.935. The Morgan fingerprint density at radius 2 is 2.50 bits per heavy atom. The zero-order valence-electron chi connectivity index (χ0n) is 5.86. The van der Waals surface area contributed by atoms with Crippen LogP contribution in [-0.4, -0.2) is 13.6 Å². The number of nitrogens with one attached hydrogen (secondary N) is 1. The Morgan fingerprint density at radius 3 is 3.00 bits per heavy atom. The van der Waals surface area contributed by atoms with Crippen molar-refractivity contribution in [3.8, 4) is 0 Å². The molecule has 0 saturated carbocycles. The molecule has 0 fully saturated rings. The van der Waals surface area contributed by atoms with Gasteiger partial charge in [-0.05, 0) is 29.0 Å². The molecule has 0 aliphatic heterocycles. The summed E-state index contributed by atoms with van der Waals surface area (Å²) in [5, 5.41) is 3.05. The van der Waals surface area contributed by atoms with Crippen LogP contribution in [0.2, 0.25) is 0 Å². The summed E-state index contributed by atoms with van der Waals surface area (Å²) in [5.74, 6) is 1.01. The van der Waals surface area contributed by atoms with Gasteiger partial charge < -0.3 is 9.73 Å². The van der Waals surface area contributed by atoms with Crippen molar-refractivity contribution in [3.63, 3.8) is 0 Å². The number of halogens is 1. The van der Waals surface area contributed by atoms with Crippen molar-refractivity contribution in [1.29, 1.82) is 0 Å². The van der Waals surface area contributed by atoms with Crippen LogP contribution in [0.4, 0.5) is 0 Å². The quantitative estimate of drug-likeness (QED) is 0.812. The van der Waals surface area contributed by atoms with E-state index in [9.17, 15) is 0 Å². The monoisotopic (exact) mass is 203 g/mol. The van der Waals surface area contributed by atoms with E-state index in [0.29, 0.717) is 0 Å². The minimum atomic E-state index is 0.935. The Labute approximate surface area is 68.7 Å². The lowest BCUT2D eigenvalue weighted by Gasteiger charge is -1.95. The van der Waals surface area contributed by atoms with Gasteiger partial charge in [0.2, 0.25) is 0 Å². The van der Waals surface area contributed by atoms with Gasteiger partial charge in [0.25, 0.3) is 0 Å². The molecule has 1 heterocycles. The maximum Gasteiger partial charge on any atom is 0.119 e. The third-order valence-corrected chi connectivity index (χ3v) is 2.00. The van der Waals surface area contributed by atoms with Crippen molar-refractivity contribution in [2.75, 3.05) is 13.6 Å². The van der Waals surface area contributed by atoms with Gasteiger partial charge >= 0.3 is 0 Å². The second-order valence-corrected chi connectivity index (χ2v) is 2.90. The van der Waals surface area contributed by atoms with Crippen LogP contribution in [0.5, 0.6) is 0 Å². The molecule has 0 radical (unpaired) electrons. The molecule has 2 nitrogen and oxygen atoms in total. The van der Waals surface area contributed by atoms with Gasteiger partial charge in [-0.1, -0.05) is 0 Å². The highest BCUT2D eigenvalue weighted by atomic mass is 79.9. The van der Waals surface area contributed by atoms with E-state index in [1.54, 1.807) is 6.26 Å². The topological polar surface area (TPSA) is 25.2 Å². The van der Waals surface area contributed by atoms with Gasteiger partial charge in [0.15, 0.2) is 0 Å². The Balaban J connectivity index is 2.49. The van der Waals surface area contributed by atoms with E-state index >= 15 is 0 Å². The maximum atomic E-state index is 5.18. The molecule has 1 rings (SSSR count). The van der Waals surface area contributed by atoms with E-state index in [1.807, 2.05) is 13.1 Å². The molecule has 0 atom stereocenters. The zero-order chi connectivity index (χ0) is 7.40. The molecular weight excluding hydrogens is 194 g/mol. The van der Waals surface area contributed by atoms with Gasteiger partial charge in [-0.2, -0.15) is 0 Å². The average Bonchev–Trinajstić information content (AvgIpc) is 2.31. The van der Waals surface area contributed by atoms with Gasteiger partial charge in [0.1, 0.15) is 5.76 Å². The fraction of sp³-hybridized carbons (Fsp3) is 0.429. The summed E-state index contributed by atoms with van der Waals surface area (Å²) in [7, 11) is 1.93. The fourth-order valence-electron chi connectivity index (χ4n) is 0.742. The third-order valence-electron chi connectivity index (χ3n) is 1.29. The summed E-state index contributed by atoms with van der Waals surface area (Å²) in [5.41, 5.74) is 0. The van der Waals surface area contributed by atoms with Crippen molar-refractivity contribution in [3.05, 3.63) is 22.6 Å². The largest absolute Gasteiger partial charge is 0.468 e. The van der Waals surface area contributed by atoms with E-state index < -0.39 is 0 Å². The lowest BCUT2D eigenvalue weighted by molar-refractivity contribution is 0.502. The SMILES string of the molecule is CNCCc1occc1Br. The second-order valence-electron chi connectivity index (χ2n) is 2.05. The highest BCUT2D eigenvalue weighted by Crippen LogP contribution is 2.17. The number of furan rings is 1. The molecule has 1 N–H and O–H groups in total. The number of likely N-dealkylation sites (N-methyl/N-ethyl adjacent to an activating group) is 1. The lowest BCUT2D eigenvalue weighted by Crippen LogP contribution is -2.09. The van der Waals surface area contributed by atoms with Crippen molar-refractivity contribution in [1.82, 2.24) is 5.32 Å². The number of hydrogen-bond donors (Lipinski definition) is 1. The molecule has 56 valence electrons. The van der Waals surface area contributed by atoms with Gasteiger partial charge in [-0.15, -0.1) is 0 Å². The van der Waals surface area contributed by atoms with Gasteiger partial charge in [0, 0.05) is 13.0 Å². The molecule has 0 bridgehead atoms. The molecule has 1 aromatic heterocycles. The fourth-order valence-corrected chi connectivity index (χ4v) is 1.14. The molecule has 3 heteroatoms. The van der Waals surface area contributed by atoms with Crippen LogP contribution in [0, 0.1) is 0 Å². The Kier molecular flexibility index (Phi) is 2.96. The Hall–Kier alpha value is -0.280. The normalized spacial score (nSPS) is 10.2. The summed E-state index contributed by atoms with van der Waals surface area (Å²) < 4.78 is 6.24. The average molecular weight is 204 g/mol. The standard InChI is InChI=1S/C7H10BrNO/c1-9-4-2-7-6(8)3-5-10-7/h3,5,9H,2,4H2,1H3. The molecule has 0 saturated heterocycles. The zero-order valence-corrected chi connectivity index (χ0v) is 7.44. The molecular formula is C7H10BrNO. The van der Waals surface area contributed by atoms with Crippen molar-refractivity contribution < 1.29 is 4.42 Å². The first-order valence-corrected chi connectivity index (χ1v) is 4.00. The van der Waals surface area contributed by atoms with Crippen molar-refractivity contribution in [2.24, 2.45) is 0 Å². The van der Waals surface area contributed by atoms with Crippen LogP contribution in [-0.2, 0) is 6.42 Å². The van der Waals surface area contributed by atoms with Gasteiger partial charge in [-0.25, -0.2) is 0 Å². The van der Waals surface area contributed by atoms with E-state index in [0.717, 1.165) is 23.2 Å². The summed E-state index contributed by atoms with van der Waals surface area (Å²) in [6.07, 6.45) is 2.62.